The van der Waals surface area contributed by atoms with Gasteiger partial charge in [-0.3, -0.25) is 5.10 Å². The number of thioether (sulfide) groups is 1. The molecular formula is C22H19N3OS. The zero-order chi connectivity index (χ0) is 18.5. The van der Waals surface area contributed by atoms with Crippen LogP contribution in [0.2, 0.25) is 0 Å². The third kappa shape index (κ3) is 4.04. The van der Waals surface area contributed by atoms with Gasteiger partial charge >= 0.3 is 0 Å². The van der Waals surface area contributed by atoms with Crippen LogP contribution in [0.25, 0.3) is 11.4 Å². The number of aromatic amines is 1. The summed E-state index contributed by atoms with van der Waals surface area (Å²) < 4.78 is 5.21. The number of hydrogen-bond acceptors (Lipinski definition) is 4. The zero-order valence-corrected chi connectivity index (χ0v) is 15.7. The Bertz CT molecular complexity index is 946. The molecular weight excluding hydrogens is 354 g/mol. The summed E-state index contributed by atoms with van der Waals surface area (Å²) in [6, 6.07) is 28.7. The Morgan fingerprint density at radius 2 is 1.41 bits per heavy atom. The summed E-state index contributed by atoms with van der Waals surface area (Å²) >= 11 is 1.64. The minimum atomic E-state index is 0.131. The number of methoxy groups -OCH3 is 1. The van der Waals surface area contributed by atoms with Gasteiger partial charge in [0.25, 0.3) is 0 Å². The van der Waals surface area contributed by atoms with Crippen LogP contribution in [-0.4, -0.2) is 22.3 Å². The number of hydrogen-bond donors (Lipinski definition) is 1. The topological polar surface area (TPSA) is 50.8 Å². The van der Waals surface area contributed by atoms with Crippen molar-refractivity contribution in [1.82, 2.24) is 15.2 Å². The molecule has 5 heteroatoms. The lowest BCUT2D eigenvalue weighted by Crippen LogP contribution is -1.97. The number of benzene rings is 3. The van der Waals surface area contributed by atoms with Gasteiger partial charge in [0.1, 0.15) is 5.75 Å². The standard InChI is InChI=1S/C22H19N3OS/c1-26-19-14-12-18(13-15-19)21-23-22(25-24-21)27-20(16-8-4-2-5-9-16)17-10-6-3-7-11-17/h2-15,20H,1H3,(H,23,24,25). The SMILES string of the molecule is COc1ccc(-c2nc(SC(c3ccccc3)c3ccccc3)n[nH]2)cc1. The van der Waals surface area contributed by atoms with Gasteiger partial charge < -0.3 is 4.74 Å². The number of nitrogens with one attached hydrogen (secondary N) is 1. The van der Waals surface area contributed by atoms with Crippen LogP contribution in [0.1, 0.15) is 16.4 Å². The Labute approximate surface area is 162 Å². The first-order valence-electron chi connectivity index (χ1n) is 8.67. The molecule has 3 aromatic carbocycles. The van der Waals surface area contributed by atoms with Crippen LogP contribution < -0.4 is 4.74 Å². The van der Waals surface area contributed by atoms with Crippen LogP contribution in [0.15, 0.2) is 90.1 Å². The Morgan fingerprint density at radius 1 is 0.815 bits per heavy atom. The number of ether oxygens (including phenoxy) is 1. The molecule has 0 saturated carbocycles. The van der Waals surface area contributed by atoms with Crippen LogP contribution in [0.3, 0.4) is 0 Å². The third-order valence-corrected chi connectivity index (χ3v) is 5.43. The molecule has 0 unspecified atom stereocenters. The van der Waals surface area contributed by atoms with Crippen molar-refractivity contribution in [2.45, 2.75) is 10.4 Å². The second-order valence-corrected chi connectivity index (χ2v) is 7.09. The maximum absolute atomic E-state index is 5.21. The fraction of sp³-hybridized carbons (Fsp3) is 0.0909. The van der Waals surface area contributed by atoms with E-state index in [0.29, 0.717) is 0 Å². The van der Waals surface area contributed by atoms with E-state index in [4.69, 9.17) is 4.74 Å². The number of nitrogens with zero attached hydrogens (tertiary/aromatic N) is 2. The summed E-state index contributed by atoms with van der Waals surface area (Å²) in [5, 5.41) is 8.32. The highest BCUT2D eigenvalue weighted by atomic mass is 32.2. The molecule has 0 saturated heterocycles. The fourth-order valence-electron chi connectivity index (χ4n) is 2.87. The monoisotopic (exact) mass is 373 g/mol. The summed E-state index contributed by atoms with van der Waals surface area (Å²) in [5.74, 6) is 1.57. The maximum Gasteiger partial charge on any atom is 0.209 e. The van der Waals surface area contributed by atoms with Gasteiger partial charge in [0.05, 0.1) is 12.4 Å². The number of rotatable bonds is 6. The molecule has 4 aromatic rings. The fourth-order valence-corrected chi connectivity index (χ4v) is 3.91. The van der Waals surface area contributed by atoms with E-state index in [9.17, 15) is 0 Å². The second kappa shape index (κ2) is 8.10. The lowest BCUT2D eigenvalue weighted by molar-refractivity contribution is 0.415. The van der Waals surface area contributed by atoms with Crippen molar-refractivity contribution in [3.8, 4) is 17.1 Å². The molecule has 134 valence electrons. The summed E-state index contributed by atoms with van der Waals surface area (Å²) in [4.78, 5) is 4.68. The highest BCUT2D eigenvalue weighted by Gasteiger charge is 2.18. The lowest BCUT2D eigenvalue weighted by Gasteiger charge is -2.15. The van der Waals surface area contributed by atoms with Gasteiger partial charge in [-0.2, -0.15) is 0 Å². The van der Waals surface area contributed by atoms with E-state index in [-0.39, 0.29) is 5.25 Å². The van der Waals surface area contributed by atoms with E-state index in [2.05, 4.69) is 63.7 Å². The minimum absolute atomic E-state index is 0.131. The first kappa shape index (κ1) is 17.4. The Balaban J connectivity index is 1.61. The molecule has 0 atom stereocenters. The van der Waals surface area contributed by atoms with Gasteiger partial charge in [0.2, 0.25) is 5.16 Å². The highest BCUT2D eigenvalue weighted by Crippen LogP contribution is 2.39. The molecule has 0 amide bonds. The first-order chi connectivity index (χ1) is 13.3. The molecule has 0 aliphatic carbocycles. The summed E-state index contributed by atoms with van der Waals surface area (Å²) in [5.41, 5.74) is 3.43. The predicted octanol–water partition coefficient (Wildman–Crippen LogP) is 5.36. The van der Waals surface area contributed by atoms with Crippen molar-refractivity contribution in [3.05, 3.63) is 96.1 Å². The molecule has 0 aliphatic rings. The molecule has 0 bridgehead atoms. The van der Waals surface area contributed by atoms with Gasteiger partial charge in [0.15, 0.2) is 5.82 Å². The second-order valence-electron chi connectivity index (χ2n) is 6.01. The van der Waals surface area contributed by atoms with Crippen LogP contribution in [0, 0.1) is 0 Å². The molecule has 4 rings (SSSR count). The van der Waals surface area contributed by atoms with E-state index in [1.807, 2.05) is 36.4 Å². The van der Waals surface area contributed by atoms with E-state index in [1.54, 1.807) is 18.9 Å². The Kier molecular flexibility index (Phi) is 5.21. The van der Waals surface area contributed by atoms with Gasteiger partial charge in [-0.15, -0.1) is 5.10 Å². The lowest BCUT2D eigenvalue weighted by atomic mass is 10.0. The molecule has 0 aliphatic heterocycles. The van der Waals surface area contributed by atoms with Crippen LogP contribution in [0.4, 0.5) is 0 Å². The molecule has 0 spiro atoms. The van der Waals surface area contributed by atoms with Crippen molar-refractivity contribution < 1.29 is 4.74 Å². The van der Waals surface area contributed by atoms with Crippen molar-refractivity contribution in [1.29, 1.82) is 0 Å². The molecule has 0 radical (unpaired) electrons. The van der Waals surface area contributed by atoms with Crippen molar-refractivity contribution in [2.24, 2.45) is 0 Å². The number of H-pyrrole nitrogens is 1. The zero-order valence-electron chi connectivity index (χ0n) is 14.9. The molecule has 1 N–H and O–H groups in total. The summed E-state index contributed by atoms with van der Waals surface area (Å²) in [7, 11) is 1.66. The van der Waals surface area contributed by atoms with Crippen molar-refractivity contribution in [3.63, 3.8) is 0 Å². The Morgan fingerprint density at radius 3 is 1.96 bits per heavy atom. The molecule has 0 fully saturated rings. The molecule has 1 aromatic heterocycles. The van der Waals surface area contributed by atoms with E-state index < -0.39 is 0 Å². The van der Waals surface area contributed by atoms with Crippen molar-refractivity contribution in [2.75, 3.05) is 7.11 Å². The Hall–Kier alpha value is -3.05. The van der Waals surface area contributed by atoms with Gasteiger partial charge in [-0.1, -0.05) is 72.4 Å². The van der Waals surface area contributed by atoms with Gasteiger partial charge in [-0.05, 0) is 35.4 Å². The van der Waals surface area contributed by atoms with Crippen LogP contribution >= 0.6 is 11.8 Å². The minimum Gasteiger partial charge on any atom is -0.497 e. The normalized spacial score (nSPS) is 10.9. The third-order valence-electron chi connectivity index (χ3n) is 4.26. The molecule has 1 heterocycles. The van der Waals surface area contributed by atoms with Gasteiger partial charge in [0, 0.05) is 5.56 Å². The maximum atomic E-state index is 5.21. The smallest absolute Gasteiger partial charge is 0.209 e. The summed E-state index contributed by atoms with van der Waals surface area (Å²) in [6.07, 6.45) is 0. The quantitative estimate of drug-likeness (QED) is 0.462. The van der Waals surface area contributed by atoms with Crippen LogP contribution in [-0.2, 0) is 0 Å². The number of aromatic nitrogens is 3. The first-order valence-corrected chi connectivity index (χ1v) is 9.55. The average Bonchev–Trinajstić information content (AvgIpc) is 3.22. The van der Waals surface area contributed by atoms with E-state index >= 15 is 0 Å². The van der Waals surface area contributed by atoms with Crippen LogP contribution in [0.5, 0.6) is 5.75 Å². The predicted molar refractivity (Wildman–Crippen MR) is 109 cm³/mol. The largest absolute Gasteiger partial charge is 0.497 e. The molecule has 27 heavy (non-hydrogen) atoms. The summed E-state index contributed by atoms with van der Waals surface area (Å²) in [6.45, 7) is 0. The van der Waals surface area contributed by atoms with Gasteiger partial charge in [-0.25, -0.2) is 4.98 Å². The average molecular weight is 373 g/mol. The van der Waals surface area contributed by atoms with Crippen molar-refractivity contribution >= 4 is 11.8 Å². The van der Waals surface area contributed by atoms with E-state index in [1.165, 1.54) is 11.1 Å². The van der Waals surface area contributed by atoms with E-state index in [0.717, 1.165) is 22.3 Å². The highest BCUT2D eigenvalue weighted by molar-refractivity contribution is 7.99. The molecule has 4 nitrogen and oxygen atoms in total.